The molecule has 29 heavy (non-hydrogen) atoms. The summed E-state index contributed by atoms with van der Waals surface area (Å²) in [4.78, 5) is 15.8. The van der Waals surface area contributed by atoms with E-state index < -0.39 is 0 Å². The Balaban J connectivity index is 1.47. The minimum absolute atomic E-state index is 0.397. The number of rotatable bonds is 4. The summed E-state index contributed by atoms with van der Waals surface area (Å²) in [5.74, 6) is 1.51. The zero-order valence-electron chi connectivity index (χ0n) is 15.8. The number of ether oxygens (including phenoxy) is 1. The molecule has 0 fully saturated rings. The van der Waals surface area contributed by atoms with Gasteiger partial charge in [-0.2, -0.15) is 5.10 Å². The number of hydrazone groups is 1. The van der Waals surface area contributed by atoms with Crippen molar-refractivity contribution < 1.29 is 4.74 Å². The predicted octanol–water partition coefficient (Wildman–Crippen LogP) is 5.23. The molecule has 3 heterocycles. The van der Waals surface area contributed by atoms with Crippen molar-refractivity contribution >= 4 is 56.1 Å². The summed E-state index contributed by atoms with van der Waals surface area (Å²) in [6.07, 6.45) is 7.90. The van der Waals surface area contributed by atoms with Gasteiger partial charge in [0.2, 0.25) is 0 Å². The molecule has 146 valence electrons. The zero-order chi connectivity index (χ0) is 19.8. The summed E-state index contributed by atoms with van der Waals surface area (Å²) >= 11 is 8.11. The highest BCUT2D eigenvalue weighted by atomic mass is 35.5. The van der Waals surface area contributed by atoms with Crippen molar-refractivity contribution in [3.05, 3.63) is 51.7 Å². The molecule has 0 saturated heterocycles. The lowest BCUT2D eigenvalue weighted by molar-refractivity contribution is 0.415. The Hall–Kier alpha value is -2.77. The molecule has 0 radical (unpaired) electrons. The zero-order valence-corrected chi connectivity index (χ0v) is 17.3. The van der Waals surface area contributed by atoms with Gasteiger partial charge in [0.25, 0.3) is 0 Å². The maximum Gasteiger partial charge on any atom is 0.158 e. The molecule has 1 aromatic carbocycles. The van der Waals surface area contributed by atoms with E-state index in [9.17, 15) is 0 Å². The van der Waals surface area contributed by atoms with Gasteiger partial charge in [0.1, 0.15) is 22.1 Å². The lowest BCUT2D eigenvalue weighted by Crippen LogP contribution is -2.01. The van der Waals surface area contributed by atoms with Crippen LogP contribution in [0, 0.1) is 0 Å². The van der Waals surface area contributed by atoms with Crippen LogP contribution in [0.15, 0.2) is 35.7 Å². The first-order valence-corrected chi connectivity index (χ1v) is 10.6. The van der Waals surface area contributed by atoms with Crippen LogP contribution in [0.25, 0.3) is 21.1 Å². The molecular formula is C21H18ClN5OS. The number of fused-ring (bicyclic) bond motifs is 4. The number of pyridine rings is 1. The first-order chi connectivity index (χ1) is 14.2. The SMILES string of the molecule is COc1ccc2nc(Cl)c(C=NNc3ncnc4sc5c(c34)CCCC5)cc2c1. The normalized spacial score (nSPS) is 13.9. The van der Waals surface area contributed by atoms with Crippen molar-refractivity contribution in [1.82, 2.24) is 15.0 Å². The van der Waals surface area contributed by atoms with Crippen molar-refractivity contribution in [2.24, 2.45) is 5.10 Å². The van der Waals surface area contributed by atoms with E-state index in [-0.39, 0.29) is 0 Å². The molecule has 1 aliphatic carbocycles. The number of thiophene rings is 1. The number of nitrogens with one attached hydrogen (secondary N) is 1. The quantitative estimate of drug-likeness (QED) is 0.276. The molecule has 0 spiro atoms. The smallest absolute Gasteiger partial charge is 0.158 e. The van der Waals surface area contributed by atoms with E-state index in [4.69, 9.17) is 16.3 Å². The van der Waals surface area contributed by atoms with E-state index in [2.05, 4.69) is 25.5 Å². The van der Waals surface area contributed by atoms with Gasteiger partial charge in [0.05, 0.1) is 24.2 Å². The fourth-order valence-corrected chi connectivity index (χ4v) is 5.13. The fraction of sp³-hybridized carbons (Fsp3) is 0.238. The third kappa shape index (κ3) is 3.41. The molecule has 0 aliphatic heterocycles. The van der Waals surface area contributed by atoms with Gasteiger partial charge < -0.3 is 4.74 Å². The number of methoxy groups -OCH3 is 1. The molecule has 1 N–H and O–H groups in total. The molecule has 6 nitrogen and oxygen atoms in total. The second kappa shape index (κ2) is 7.57. The molecular weight excluding hydrogens is 406 g/mol. The van der Waals surface area contributed by atoms with Crippen LogP contribution in [-0.4, -0.2) is 28.3 Å². The fourth-order valence-electron chi connectivity index (χ4n) is 3.70. The van der Waals surface area contributed by atoms with Crippen LogP contribution in [0.4, 0.5) is 5.82 Å². The van der Waals surface area contributed by atoms with Crippen LogP contribution in [0.1, 0.15) is 28.8 Å². The van der Waals surface area contributed by atoms with Gasteiger partial charge in [-0.3, -0.25) is 5.43 Å². The van der Waals surface area contributed by atoms with E-state index in [1.165, 1.54) is 23.3 Å². The monoisotopic (exact) mass is 423 g/mol. The van der Waals surface area contributed by atoms with Gasteiger partial charge in [-0.05, 0) is 55.5 Å². The van der Waals surface area contributed by atoms with Crippen LogP contribution in [0.5, 0.6) is 5.75 Å². The number of hydrogen-bond acceptors (Lipinski definition) is 7. The molecule has 4 aromatic rings. The predicted molar refractivity (Wildman–Crippen MR) is 119 cm³/mol. The van der Waals surface area contributed by atoms with Crippen molar-refractivity contribution in [1.29, 1.82) is 0 Å². The highest BCUT2D eigenvalue weighted by Crippen LogP contribution is 2.38. The topological polar surface area (TPSA) is 72.3 Å². The van der Waals surface area contributed by atoms with Crippen LogP contribution in [0.3, 0.4) is 0 Å². The first kappa shape index (κ1) is 18.3. The van der Waals surface area contributed by atoms with Gasteiger partial charge >= 0.3 is 0 Å². The number of aromatic nitrogens is 3. The van der Waals surface area contributed by atoms with Gasteiger partial charge in [-0.1, -0.05) is 11.6 Å². The third-order valence-corrected chi connectivity index (χ3v) is 6.63. The van der Waals surface area contributed by atoms with Crippen LogP contribution < -0.4 is 10.2 Å². The highest BCUT2D eigenvalue weighted by Gasteiger charge is 2.19. The van der Waals surface area contributed by atoms with E-state index >= 15 is 0 Å². The molecule has 0 amide bonds. The third-order valence-electron chi connectivity index (χ3n) is 5.13. The standard InChI is InChI=1S/C21H18ClN5OS/c1-28-14-6-7-16-12(9-14)8-13(19(22)26-16)10-25-27-20-18-15-4-2-3-5-17(15)29-21(18)24-11-23-20/h6-11H,2-5H2,1H3,(H,23,24,27). The van der Waals surface area contributed by atoms with E-state index in [1.54, 1.807) is 31.0 Å². The lowest BCUT2D eigenvalue weighted by Gasteiger charge is -2.11. The molecule has 1 aliphatic rings. The molecule has 0 atom stereocenters. The summed E-state index contributed by atoms with van der Waals surface area (Å²) in [6.45, 7) is 0. The van der Waals surface area contributed by atoms with Crippen molar-refractivity contribution in [3.63, 3.8) is 0 Å². The number of anilines is 1. The number of benzene rings is 1. The lowest BCUT2D eigenvalue weighted by atomic mass is 9.97. The number of nitrogens with zero attached hydrogens (tertiary/aromatic N) is 4. The maximum atomic E-state index is 6.35. The van der Waals surface area contributed by atoms with E-state index in [0.29, 0.717) is 5.15 Å². The Morgan fingerprint density at radius 1 is 1.21 bits per heavy atom. The van der Waals surface area contributed by atoms with Crippen LogP contribution in [0.2, 0.25) is 5.15 Å². The van der Waals surface area contributed by atoms with Gasteiger partial charge in [-0.15, -0.1) is 11.3 Å². The number of aryl methyl sites for hydroxylation is 2. The second-order valence-corrected chi connectivity index (χ2v) is 8.35. The van der Waals surface area contributed by atoms with E-state index in [1.807, 2.05) is 24.3 Å². The molecule has 0 unspecified atom stereocenters. The average molecular weight is 424 g/mol. The maximum absolute atomic E-state index is 6.35. The Morgan fingerprint density at radius 3 is 3.00 bits per heavy atom. The molecule has 0 saturated carbocycles. The van der Waals surface area contributed by atoms with Gasteiger partial charge in [0, 0.05) is 15.8 Å². The highest BCUT2D eigenvalue weighted by molar-refractivity contribution is 7.19. The van der Waals surface area contributed by atoms with Gasteiger partial charge in [0.15, 0.2) is 5.82 Å². The summed E-state index contributed by atoms with van der Waals surface area (Å²) < 4.78 is 5.29. The Labute approximate surface area is 176 Å². The summed E-state index contributed by atoms with van der Waals surface area (Å²) in [6, 6.07) is 7.62. The van der Waals surface area contributed by atoms with Crippen LogP contribution in [-0.2, 0) is 12.8 Å². The second-order valence-electron chi connectivity index (χ2n) is 6.91. The summed E-state index contributed by atoms with van der Waals surface area (Å²) in [7, 11) is 1.64. The summed E-state index contributed by atoms with van der Waals surface area (Å²) in [5.41, 5.74) is 5.98. The minimum atomic E-state index is 0.397. The largest absolute Gasteiger partial charge is 0.497 e. The molecule has 8 heteroatoms. The molecule has 0 bridgehead atoms. The molecule has 5 rings (SSSR count). The Bertz CT molecular complexity index is 1250. The van der Waals surface area contributed by atoms with Crippen molar-refractivity contribution in [2.75, 3.05) is 12.5 Å². The van der Waals surface area contributed by atoms with Crippen molar-refractivity contribution in [3.8, 4) is 5.75 Å². The average Bonchev–Trinajstić information content (AvgIpc) is 3.13. The van der Waals surface area contributed by atoms with Crippen LogP contribution >= 0.6 is 22.9 Å². The molecule has 3 aromatic heterocycles. The summed E-state index contributed by atoms with van der Waals surface area (Å²) in [5, 5.41) is 6.81. The first-order valence-electron chi connectivity index (χ1n) is 9.41. The van der Waals surface area contributed by atoms with E-state index in [0.717, 1.165) is 51.1 Å². The number of halogens is 1. The Kier molecular flexibility index (Phi) is 4.77. The number of hydrogen-bond donors (Lipinski definition) is 1. The van der Waals surface area contributed by atoms with Crippen molar-refractivity contribution in [2.45, 2.75) is 25.7 Å². The van der Waals surface area contributed by atoms with Gasteiger partial charge in [-0.25, -0.2) is 15.0 Å². The Morgan fingerprint density at radius 2 is 2.10 bits per heavy atom. The minimum Gasteiger partial charge on any atom is -0.497 e.